The van der Waals surface area contributed by atoms with Gasteiger partial charge in [-0.15, -0.1) is 0 Å². The van der Waals surface area contributed by atoms with E-state index < -0.39 is 35.7 Å². The fraction of sp³-hybridized carbons (Fsp3) is 0.442. The first kappa shape index (κ1) is 46.3. The number of hydrogen-bond donors (Lipinski definition) is 8. The van der Waals surface area contributed by atoms with E-state index in [0.29, 0.717) is 56.8 Å². The van der Waals surface area contributed by atoms with Crippen LogP contribution in [0.5, 0.6) is 11.5 Å². The third-order valence-corrected chi connectivity index (χ3v) is 9.21. The molecule has 3 aromatic rings. The van der Waals surface area contributed by atoms with Crippen molar-refractivity contribution in [3.63, 3.8) is 0 Å². The van der Waals surface area contributed by atoms with Gasteiger partial charge in [-0.1, -0.05) is 55.5 Å². The second-order valence-electron chi connectivity index (χ2n) is 15.2. The van der Waals surface area contributed by atoms with E-state index in [1.165, 1.54) is 12.1 Å². The highest BCUT2D eigenvalue weighted by Crippen LogP contribution is 2.32. The molecule has 0 saturated carbocycles. The summed E-state index contributed by atoms with van der Waals surface area (Å²) in [6, 6.07) is 19.4. The number of aromatic hydroxyl groups is 1. The molecule has 0 radical (unpaired) electrons. The van der Waals surface area contributed by atoms with Gasteiger partial charge in [0.25, 0.3) is 0 Å². The minimum Gasteiger partial charge on any atom is -0.508 e. The zero-order valence-electron chi connectivity index (χ0n) is 34.8. The zero-order chi connectivity index (χ0) is 43.5. The van der Waals surface area contributed by atoms with Crippen LogP contribution in [0.25, 0.3) is 0 Å². The number of ether oxygens (including phenoxy) is 2. The van der Waals surface area contributed by atoms with Gasteiger partial charge >= 0.3 is 12.1 Å². The number of nitrogens with zero attached hydrogens (tertiary/aromatic N) is 2. The molecule has 0 aliphatic carbocycles. The van der Waals surface area contributed by atoms with Crippen molar-refractivity contribution in [2.24, 2.45) is 10.7 Å². The predicted molar refractivity (Wildman–Crippen MR) is 227 cm³/mol. The number of phenolic OH excluding ortho intramolecular Hbond substituents is 1. The average molecular weight is 830 g/mol. The van der Waals surface area contributed by atoms with Crippen LogP contribution in [0.4, 0.5) is 9.59 Å². The summed E-state index contributed by atoms with van der Waals surface area (Å²) in [6.07, 6.45) is 1.00. The van der Waals surface area contributed by atoms with Crippen molar-refractivity contribution in [3.05, 3.63) is 95.1 Å². The molecule has 2 atom stereocenters. The van der Waals surface area contributed by atoms with E-state index >= 15 is 0 Å². The third kappa shape index (κ3) is 16.1. The van der Waals surface area contributed by atoms with Crippen molar-refractivity contribution in [2.45, 2.75) is 90.7 Å². The number of carbonyl (C=O) groups excluding carboxylic acids is 5. The lowest BCUT2D eigenvalue weighted by atomic mass is 10.0. The SMILES string of the molecule is CCC(=O)NCCNC(=O)/N=C(/N)NCCC[C@@H](NC(=O)[C@H](c1ccc(OCCCNC(=O)OC(C)(C)C)cc1)N1Cc2ccccc2C1)C(=O)NCc1ccc(O)cc1. The number of aliphatic imine (C=N–C) groups is 1. The smallest absolute Gasteiger partial charge is 0.407 e. The lowest BCUT2D eigenvalue weighted by Gasteiger charge is -2.29. The first-order valence-corrected chi connectivity index (χ1v) is 20.2. The first-order chi connectivity index (χ1) is 28.7. The fourth-order valence-corrected chi connectivity index (χ4v) is 6.24. The maximum atomic E-state index is 14.4. The maximum Gasteiger partial charge on any atom is 0.407 e. The molecule has 17 nitrogen and oxygen atoms in total. The molecule has 0 fully saturated rings. The van der Waals surface area contributed by atoms with Crippen LogP contribution in [0.15, 0.2) is 77.8 Å². The molecule has 0 spiro atoms. The highest BCUT2D eigenvalue weighted by molar-refractivity contribution is 5.92. The largest absolute Gasteiger partial charge is 0.508 e. The van der Waals surface area contributed by atoms with Gasteiger partial charge in [0.15, 0.2) is 5.96 Å². The molecule has 324 valence electrons. The number of nitrogens with two attached hydrogens (primary N) is 1. The van der Waals surface area contributed by atoms with E-state index in [1.54, 1.807) is 52.0 Å². The van der Waals surface area contributed by atoms with Gasteiger partial charge in [-0.3, -0.25) is 19.3 Å². The number of benzene rings is 3. The molecule has 1 heterocycles. The summed E-state index contributed by atoms with van der Waals surface area (Å²) in [6.45, 7) is 9.77. The fourth-order valence-electron chi connectivity index (χ4n) is 6.24. The van der Waals surface area contributed by atoms with Crippen LogP contribution in [0.3, 0.4) is 0 Å². The average Bonchev–Trinajstić information content (AvgIpc) is 3.63. The predicted octanol–water partition coefficient (Wildman–Crippen LogP) is 3.46. The summed E-state index contributed by atoms with van der Waals surface area (Å²) in [5.74, 6) is -0.322. The van der Waals surface area contributed by atoms with Crippen LogP contribution in [0, 0.1) is 0 Å². The molecule has 1 aliphatic heterocycles. The van der Waals surface area contributed by atoms with E-state index in [-0.39, 0.29) is 56.1 Å². The van der Waals surface area contributed by atoms with E-state index in [4.69, 9.17) is 15.2 Å². The van der Waals surface area contributed by atoms with Gasteiger partial charge in [0.05, 0.1) is 6.61 Å². The molecule has 0 bridgehead atoms. The number of rotatable bonds is 20. The van der Waals surface area contributed by atoms with Gasteiger partial charge in [0.2, 0.25) is 17.7 Å². The molecule has 3 aromatic carbocycles. The topological polar surface area (TPSA) is 238 Å². The normalized spacial score (nSPS) is 13.6. The Hall–Kier alpha value is -6.36. The molecule has 6 amide bonds. The molecular formula is C43H59N9O8. The second-order valence-corrected chi connectivity index (χ2v) is 15.2. The van der Waals surface area contributed by atoms with E-state index in [2.05, 4.69) is 41.8 Å². The Morgan fingerprint density at radius 3 is 2.10 bits per heavy atom. The van der Waals surface area contributed by atoms with E-state index in [0.717, 1.165) is 16.7 Å². The van der Waals surface area contributed by atoms with Gasteiger partial charge < -0.3 is 52.2 Å². The highest BCUT2D eigenvalue weighted by Gasteiger charge is 2.34. The monoisotopic (exact) mass is 829 g/mol. The van der Waals surface area contributed by atoms with Crippen LogP contribution >= 0.6 is 0 Å². The van der Waals surface area contributed by atoms with Crippen LogP contribution in [-0.4, -0.2) is 90.2 Å². The van der Waals surface area contributed by atoms with Crippen molar-refractivity contribution in [1.82, 2.24) is 36.8 Å². The van der Waals surface area contributed by atoms with Crippen molar-refractivity contribution in [2.75, 3.05) is 32.8 Å². The molecule has 0 aromatic heterocycles. The number of carbonyl (C=O) groups is 5. The Kier molecular flexibility index (Phi) is 18.0. The van der Waals surface area contributed by atoms with Crippen molar-refractivity contribution >= 4 is 35.8 Å². The lowest BCUT2D eigenvalue weighted by molar-refractivity contribution is -0.132. The number of nitrogens with one attached hydrogen (secondary N) is 6. The Bertz CT molecular complexity index is 1890. The van der Waals surface area contributed by atoms with Gasteiger partial charge in [0, 0.05) is 52.2 Å². The second kappa shape index (κ2) is 23.3. The van der Waals surface area contributed by atoms with Crippen LogP contribution < -0.4 is 42.4 Å². The molecule has 0 unspecified atom stereocenters. The van der Waals surface area contributed by atoms with Gasteiger partial charge in [0.1, 0.15) is 29.2 Å². The van der Waals surface area contributed by atoms with Gasteiger partial charge in [-0.05, 0) is 86.6 Å². The van der Waals surface area contributed by atoms with E-state index in [1.807, 2.05) is 36.4 Å². The Labute approximate surface area is 351 Å². The molecule has 1 aliphatic rings. The standard InChI is InChI=1S/C43H59N9O8/c1-5-36(54)45-23-24-47-41(57)51-40(44)46-21-8-12-35(38(55)49-26-29-13-17-33(53)18-14-29)50-39(56)37(52-27-31-10-6-7-11-32(31)28-52)30-15-19-34(20-16-30)59-25-9-22-48-42(58)60-43(2,3)4/h6-7,10-11,13-20,35,37,53H,5,8-9,12,21-28H2,1-4H3,(H,45,54)(H,48,58)(H,49,55)(H,50,56)(H4,44,46,47,51,57)/t35-,37+/m1/s1. The number of hydrogen-bond acceptors (Lipinski definition) is 9. The molecule has 17 heteroatoms. The number of alkyl carbamates (subject to hydrolysis) is 1. The minimum atomic E-state index is -0.944. The van der Waals surface area contributed by atoms with Crippen LogP contribution in [-0.2, 0) is 38.8 Å². The lowest BCUT2D eigenvalue weighted by Crippen LogP contribution is -2.50. The van der Waals surface area contributed by atoms with Crippen LogP contribution in [0.1, 0.15) is 81.7 Å². The number of urea groups is 1. The highest BCUT2D eigenvalue weighted by atomic mass is 16.6. The summed E-state index contributed by atoms with van der Waals surface area (Å²) >= 11 is 0. The van der Waals surface area contributed by atoms with Crippen molar-refractivity contribution < 1.29 is 38.6 Å². The summed E-state index contributed by atoms with van der Waals surface area (Å²) in [7, 11) is 0. The molecule has 0 saturated heterocycles. The first-order valence-electron chi connectivity index (χ1n) is 20.2. The quantitative estimate of drug-likeness (QED) is 0.0466. The number of phenols is 1. The van der Waals surface area contributed by atoms with Crippen molar-refractivity contribution in [1.29, 1.82) is 0 Å². The van der Waals surface area contributed by atoms with E-state index in [9.17, 15) is 29.1 Å². The van der Waals surface area contributed by atoms with Gasteiger partial charge in [-0.2, -0.15) is 4.99 Å². The molecule has 9 N–H and O–H groups in total. The zero-order valence-corrected chi connectivity index (χ0v) is 34.8. The summed E-state index contributed by atoms with van der Waals surface area (Å²) in [5.41, 5.74) is 9.03. The number of guanidine groups is 1. The molecule has 60 heavy (non-hydrogen) atoms. The van der Waals surface area contributed by atoms with Gasteiger partial charge in [-0.25, -0.2) is 9.59 Å². The summed E-state index contributed by atoms with van der Waals surface area (Å²) in [5, 5.41) is 26.4. The Morgan fingerprint density at radius 2 is 1.45 bits per heavy atom. The number of fused-ring (bicyclic) bond motifs is 1. The maximum absolute atomic E-state index is 14.4. The molecule has 4 rings (SSSR count). The number of amides is 6. The Morgan fingerprint density at radius 1 is 0.800 bits per heavy atom. The molecular weight excluding hydrogens is 771 g/mol. The summed E-state index contributed by atoms with van der Waals surface area (Å²) in [4.78, 5) is 69.5. The Balaban J connectivity index is 1.42. The third-order valence-electron chi connectivity index (χ3n) is 9.21. The minimum absolute atomic E-state index is 0.103. The van der Waals surface area contributed by atoms with Crippen LogP contribution in [0.2, 0.25) is 0 Å². The summed E-state index contributed by atoms with van der Waals surface area (Å²) < 4.78 is 11.2. The van der Waals surface area contributed by atoms with Crippen molar-refractivity contribution in [3.8, 4) is 11.5 Å².